The highest BCUT2D eigenvalue weighted by atomic mass is 16.6. The average Bonchev–Trinajstić information content (AvgIpc) is 2.63. The number of hydrogen-bond donors (Lipinski definition) is 1. The van der Waals surface area contributed by atoms with E-state index in [4.69, 9.17) is 4.84 Å². The van der Waals surface area contributed by atoms with Crippen molar-refractivity contribution in [3.8, 4) is 0 Å². The fourth-order valence-corrected chi connectivity index (χ4v) is 3.32. The number of unbranched alkanes of at least 4 members (excludes halogenated alkanes) is 17. The van der Waals surface area contributed by atoms with Crippen LogP contribution in [-0.4, -0.2) is 13.2 Å². The summed E-state index contributed by atoms with van der Waals surface area (Å²) in [6.07, 6.45) is 26.9. The summed E-state index contributed by atoms with van der Waals surface area (Å²) in [7, 11) is 0. The minimum absolute atomic E-state index is 0.874. The van der Waals surface area contributed by atoms with Crippen LogP contribution in [0, 0.1) is 0 Å². The van der Waals surface area contributed by atoms with E-state index >= 15 is 0 Å². The molecule has 2 heteroatoms. The van der Waals surface area contributed by atoms with E-state index in [1.807, 2.05) is 0 Å². The molecule has 0 saturated carbocycles. The maximum Gasteiger partial charge on any atom is 0.0682 e. The zero-order chi connectivity index (χ0) is 18.3. The van der Waals surface area contributed by atoms with Crippen molar-refractivity contribution < 1.29 is 4.84 Å². The van der Waals surface area contributed by atoms with Crippen molar-refractivity contribution in [1.29, 1.82) is 0 Å². The third-order valence-electron chi connectivity index (χ3n) is 5.05. The van der Waals surface area contributed by atoms with E-state index in [1.54, 1.807) is 0 Å². The van der Waals surface area contributed by atoms with Crippen LogP contribution in [0.4, 0.5) is 0 Å². The lowest BCUT2D eigenvalue weighted by atomic mass is 10.0. The maximum absolute atomic E-state index is 5.35. The molecule has 1 N–H and O–H groups in total. The molecular weight excluding hydrogens is 306 g/mol. The van der Waals surface area contributed by atoms with Crippen molar-refractivity contribution in [2.75, 3.05) is 13.2 Å². The lowest BCUT2D eigenvalue weighted by molar-refractivity contribution is 0.0387. The molecule has 0 saturated heterocycles. The van der Waals surface area contributed by atoms with Crippen LogP contribution in [0.15, 0.2) is 0 Å². The molecule has 0 rings (SSSR count). The Hall–Kier alpha value is -0.0800. The van der Waals surface area contributed by atoms with Gasteiger partial charge in [0.25, 0.3) is 0 Å². The van der Waals surface area contributed by atoms with Crippen LogP contribution in [0.3, 0.4) is 0 Å². The first-order chi connectivity index (χ1) is 12.4. The van der Waals surface area contributed by atoms with Gasteiger partial charge in [-0.1, -0.05) is 123 Å². The van der Waals surface area contributed by atoms with Gasteiger partial charge in [0.1, 0.15) is 0 Å². The van der Waals surface area contributed by atoms with Crippen molar-refractivity contribution in [2.24, 2.45) is 0 Å². The van der Waals surface area contributed by atoms with Gasteiger partial charge in [0, 0.05) is 6.54 Å². The molecule has 25 heavy (non-hydrogen) atoms. The van der Waals surface area contributed by atoms with Crippen LogP contribution in [0.5, 0.6) is 0 Å². The van der Waals surface area contributed by atoms with Gasteiger partial charge in [0.2, 0.25) is 0 Å². The largest absolute Gasteiger partial charge is 0.302 e. The molecule has 0 bridgehead atoms. The van der Waals surface area contributed by atoms with Gasteiger partial charge in [-0.15, -0.1) is 0 Å². The average molecular weight is 356 g/mol. The number of hydrogen-bond acceptors (Lipinski definition) is 2. The zero-order valence-corrected chi connectivity index (χ0v) is 17.8. The predicted molar refractivity (Wildman–Crippen MR) is 113 cm³/mol. The standard InChI is InChI=1S/C23H49NO/c1-3-5-6-7-8-9-10-11-12-13-14-15-16-17-18-19-20-21-23-25-24-22-4-2/h24H,3-23H2,1-2H3. The molecule has 0 atom stereocenters. The third kappa shape index (κ3) is 23.9. The Morgan fingerprint density at radius 3 is 1.16 bits per heavy atom. The third-order valence-corrected chi connectivity index (χ3v) is 5.05. The summed E-state index contributed by atoms with van der Waals surface area (Å²) >= 11 is 0. The van der Waals surface area contributed by atoms with Gasteiger partial charge in [0.15, 0.2) is 0 Å². The Bertz CT molecular complexity index is 198. The molecule has 0 aliphatic carbocycles. The van der Waals surface area contributed by atoms with Crippen molar-refractivity contribution in [3.05, 3.63) is 0 Å². The van der Waals surface area contributed by atoms with E-state index < -0.39 is 0 Å². The SMILES string of the molecule is CCCCCCCCCCCCCCCCCCCCONCCC. The van der Waals surface area contributed by atoms with Gasteiger partial charge >= 0.3 is 0 Å². The van der Waals surface area contributed by atoms with E-state index in [-0.39, 0.29) is 0 Å². The van der Waals surface area contributed by atoms with Crippen LogP contribution in [0.25, 0.3) is 0 Å². The molecule has 0 aromatic heterocycles. The second-order valence-electron chi connectivity index (χ2n) is 7.75. The minimum Gasteiger partial charge on any atom is -0.302 e. The summed E-state index contributed by atoms with van der Waals surface area (Å²) in [6.45, 7) is 6.30. The smallest absolute Gasteiger partial charge is 0.0682 e. The second-order valence-corrected chi connectivity index (χ2v) is 7.75. The van der Waals surface area contributed by atoms with Gasteiger partial charge < -0.3 is 4.84 Å². The minimum atomic E-state index is 0.874. The molecule has 0 aliphatic heterocycles. The number of rotatable bonds is 22. The van der Waals surface area contributed by atoms with Gasteiger partial charge in [-0.2, -0.15) is 0 Å². The molecule has 0 spiro atoms. The Labute approximate surface area is 159 Å². The molecular formula is C23H49NO. The van der Waals surface area contributed by atoms with Gasteiger partial charge in [0.05, 0.1) is 6.61 Å². The van der Waals surface area contributed by atoms with E-state index in [9.17, 15) is 0 Å². The normalized spacial score (nSPS) is 11.3. The first-order valence-corrected chi connectivity index (χ1v) is 11.8. The molecule has 0 heterocycles. The van der Waals surface area contributed by atoms with Crippen LogP contribution in [0.1, 0.15) is 136 Å². The van der Waals surface area contributed by atoms with E-state index in [2.05, 4.69) is 19.3 Å². The molecule has 0 aromatic rings. The predicted octanol–water partition coefficient (Wildman–Crippen LogP) is 7.96. The quantitative estimate of drug-likeness (QED) is 0.157. The first kappa shape index (κ1) is 24.9. The highest BCUT2D eigenvalue weighted by Gasteiger charge is 1.95. The Morgan fingerprint density at radius 2 is 0.800 bits per heavy atom. The van der Waals surface area contributed by atoms with Crippen molar-refractivity contribution in [1.82, 2.24) is 5.48 Å². The van der Waals surface area contributed by atoms with Gasteiger partial charge in [-0.25, -0.2) is 5.48 Å². The van der Waals surface area contributed by atoms with E-state index in [0.29, 0.717) is 0 Å². The molecule has 0 aliphatic rings. The highest BCUT2D eigenvalue weighted by Crippen LogP contribution is 2.14. The molecule has 0 amide bonds. The van der Waals surface area contributed by atoms with E-state index in [1.165, 1.54) is 116 Å². The molecule has 0 fully saturated rings. The maximum atomic E-state index is 5.35. The van der Waals surface area contributed by atoms with Crippen molar-refractivity contribution >= 4 is 0 Å². The zero-order valence-electron chi connectivity index (χ0n) is 17.8. The van der Waals surface area contributed by atoms with Gasteiger partial charge in [-0.3, -0.25) is 0 Å². The molecule has 0 unspecified atom stereocenters. The topological polar surface area (TPSA) is 21.3 Å². The molecule has 0 aromatic carbocycles. The fourth-order valence-electron chi connectivity index (χ4n) is 3.32. The molecule has 2 nitrogen and oxygen atoms in total. The number of nitrogens with one attached hydrogen (secondary N) is 1. The summed E-state index contributed by atoms with van der Waals surface area (Å²) in [4.78, 5) is 5.35. The van der Waals surface area contributed by atoms with Crippen LogP contribution >= 0.6 is 0 Å². The Morgan fingerprint density at radius 1 is 0.440 bits per heavy atom. The highest BCUT2D eigenvalue weighted by molar-refractivity contribution is 4.50. The van der Waals surface area contributed by atoms with Gasteiger partial charge in [-0.05, 0) is 12.8 Å². The summed E-state index contributed by atoms with van der Waals surface area (Å²) in [5.41, 5.74) is 2.99. The monoisotopic (exact) mass is 355 g/mol. The van der Waals surface area contributed by atoms with Crippen molar-refractivity contribution in [3.63, 3.8) is 0 Å². The summed E-state index contributed by atoms with van der Waals surface area (Å²) in [5, 5.41) is 0. The lowest BCUT2D eigenvalue weighted by Gasteiger charge is -2.05. The van der Waals surface area contributed by atoms with Crippen LogP contribution in [-0.2, 0) is 4.84 Å². The summed E-state index contributed by atoms with van der Waals surface area (Å²) in [6, 6.07) is 0. The van der Waals surface area contributed by atoms with Crippen molar-refractivity contribution in [2.45, 2.75) is 136 Å². The Kier molecular flexibility index (Phi) is 23.8. The number of hydroxylamine groups is 1. The first-order valence-electron chi connectivity index (χ1n) is 11.8. The van der Waals surface area contributed by atoms with Crippen LogP contribution < -0.4 is 5.48 Å². The lowest BCUT2D eigenvalue weighted by Crippen LogP contribution is -2.15. The summed E-state index contributed by atoms with van der Waals surface area (Å²) in [5.74, 6) is 0. The molecule has 0 radical (unpaired) electrons. The van der Waals surface area contributed by atoms with Crippen LogP contribution in [0.2, 0.25) is 0 Å². The summed E-state index contributed by atoms with van der Waals surface area (Å²) < 4.78 is 0. The molecule has 152 valence electrons. The van der Waals surface area contributed by atoms with E-state index in [0.717, 1.165) is 19.6 Å². The Balaban J connectivity index is 2.94. The second kappa shape index (κ2) is 23.9. The fraction of sp³-hybridized carbons (Fsp3) is 1.00.